The second kappa shape index (κ2) is 4.80. The molecule has 0 aromatic heterocycles. The predicted molar refractivity (Wildman–Crippen MR) is 76.3 cm³/mol. The van der Waals surface area contributed by atoms with E-state index in [9.17, 15) is 4.79 Å². The Bertz CT molecular complexity index is 585. The van der Waals surface area contributed by atoms with Gasteiger partial charge < -0.3 is 4.74 Å². The van der Waals surface area contributed by atoms with Gasteiger partial charge in [-0.15, -0.1) is 0 Å². The second-order valence-corrected chi connectivity index (χ2v) is 4.81. The van der Waals surface area contributed by atoms with Gasteiger partial charge in [-0.1, -0.05) is 41.9 Å². The van der Waals surface area contributed by atoms with Crippen LogP contribution in [0.1, 0.15) is 11.1 Å². The van der Waals surface area contributed by atoms with Crippen molar-refractivity contribution in [1.82, 2.24) is 4.90 Å². The van der Waals surface area contributed by atoms with Gasteiger partial charge in [0.05, 0.1) is 0 Å². The molecule has 1 aliphatic rings. The monoisotopic (exact) mass is 251 g/mol. The molecule has 0 radical (unpaired) electrons. The predicted octanol–water partition coefficient (Wildman–Crippen LogP) is 1.46. The normalized spacial score (nSPS) is 13.2. The van der Waals surface area contributed by atoms with E-state index < -0.39 is 0 Å². The van der Waals surface area contributed by atoms with Gasteiger partial charge in [-0.25, -0.2) is 4.79 Å². The number of carbonyl (C=O) groups is 1. The molecule has 0 fully saturated rings. The van der Waals surface area contributed by atoms with Crippen molar-refractivity contribution in [3.8, 4) is 5.75 Å². The van der Waals surface area contributed by atoms with Gasteiger partial charge >= 0.3 is 6.09 Å². The number of carbonyl (C=O) groups excluding carboxylic acids is 1. The van der Waals surface area contributed by atoms with Crippen LogP contribution >= 0.6 is 0 Å². The lowest BCUT2D eigenvalue weighted by Gasteiger charge is -2.15. The van der Waals surface area contributed by atoms with Crippen LogP contribution in [0.2, 0.25) is 0 Å². The van der Waals surface area contributed by atoms with E-state index in [1.54, 1.807) is 4.90 Å². The van der Waals surface area contributed by atoms with Gasteiger partial charge in [-0.2, -0.15) is 0 Å². The molecule has 94 valence electrons. The van der Waals surface area contributed by atoms with E-state index >= 15 is 0 Å². The maximum absolute atomic E-state index is 12.1. The lowest BCUT2D eigenvalue weighted by atomic mass is 9.97. The van der Waals surface area contributed by atoms with Crippen molar-refractivity contribution < 1.29 is 9.53 Å². The number of ether oxygens (including phenoxy) is 1. The average molecular weight is 251 g/mol. The Labute approximate surface area is 113 Å². The first-order valence-corrected chi connectivity index (χ1v) is 6.32. The van der Waals surface area contributed by atoms with Crippen molar-refractivity contribution in [3.05, 3.63) is 59.7 Å². The molecule has 2 aromatic carbocycles. The fraction of sp³-hybridized carbons (Fsp3) is 0.133. The van der Waals surface area contributed by atoms with Gasteiger partial charge in [0.1, 0.15) is 13.6 Å². The fourth-order valence-electron chi connectivity index (χ4n) is 2.23. The van der Waals surface area contributed by atoms with Crippen molar-refractivity contribution in [2.75, 3.05) is 0 Å². The summed E-state index contributed by atoms with van der Waals surface area (Å²) in [6.07, 6.45) is -0.292. The van der Waals surface area contributed by atoms with E-state index in [0.29, 0.717) is 18.8 Å². The van der Waals surface area contributed by atoms with Gasteiger partial charge in [0.25, 0.3) is 0 Å². The lowest BCUT2D eigenvalue weighted by Crippen LogP contribution is -2.28. The van der Waals surface area contributed by atoms with Crippen LogP contribution in [0.15, 0.2) is 48.5 Å². The largest absolute Gasteiger partial charge is 0.415 e. The van der Waals surface area contributed by atoms with Crippen LogP contribution in [-0.4, -0.2) is 18.8 Å². The van der Waals surface area contributed by atoms with Crippen LogP contribution in [0.25, 0.3) is 0 Å². The Kier molecular flexibility index (Phi) is 2.99. The summed E-state index contributed by atoms with van der Waals surface area (Å²) in [4.78, 5) is 13.8. The molecule has 0 unspecified atom stereocenters. The van der Waals surface area contributed by atoms with Crippen molar-refractivity contribution in [2.24, 2.45) is 0 Å². The highest BCUT2D eigenvalue weighted by molar-refractivity contribution is 6.32. The number of benzene rings is 2. The summed E-state index contributed by atoms with van der Waals surface area (Å²) in [5, 5.41) is 0. The smallest absolute Gasteiger partial charge is 0.410 e. The Morgan fingerprint density at radius 2 is 1.58 bits per heavy atom. The summed E-state index contributed by atoms with van der Waals surface area (Å²) < 4.78 is 5.37. The van der Waals surface area contributed by atoms with Crippen LogP contribution < -0.4 is 10.2 Å². The SMILES string of the molecule is Bc1ccc(OC(=O)N2Cc3ccccc3C2)cc1. The van der Waals surface area contributed by atoms with Crippen molar-refractivity contribution in [1.29, 1.82) is 0 Å². The van der Waals surface area contributed by atoms with Crippen molar-refractivity contribution in [2.45, 2.75) is 13.1 Å². The summed E-state index contributed by atoms with van der Waals surface area (Å²) >= 11 is 0. The molecule has 0 N–H and O–H groups in total. The van der Waals surface area contributed by atoms with Crippen molar-refractivity contribution in [3.63, 3.8) is 0 Å². The third kappa shape index (κ3) is 2.48. The van der Waals surface area contributed by atoms with Crippen LogP contribution in [0.3, 0.4) is 0 Å². The van der Waals surface area contributed by atoms with Crippen LogP contribution in [0.5, 0.6) is 5.75 Å². The highest BCUT2D eigenvalue weighted by Crippen LogP contribution is 2.23. The van der Waals surface area contributed by atoms with E-state index in [1.807, 2.05) is 44.2 Å². The third-order valence-corrected chi connectivity index (χ3v) is 3.33. The average Bonchev–Trinajstić information content (AvgIpc) is 2.85. The van der Waals surface area contributed by atoms with Crippen LogP contribution in [-0.2, 0) is 13.1 Å². The standard InChI is InChI=1S/C15H14BNO2/c16-13-5-7-14(8-6-13)19-15(18)17-9-11-3-1-2-4-12(11)10-17/h1-8H,9-10,16H2. The molecule has 0 atom stereocenters. The molecule has 1 aliphatic heterocycles. The molecular formula is C15H14BNO2. The zero-order valence-electron chi connectivity index (χ0n) is 10.8. The first-order chi connectivity index (χ1) is 9.22. The molecule has 4 heteroatoms. The molecule has 3 nitrogen and oxygen atoms in total. The summed E-state index contributed by atoms with van der Waals surface area (Å²) in [5.74, 6) is 0.589. The Hall–Kier alpha value is -2.23. The molecule has 0 aliphatic carbocycles. The first kappa shape index (κ1) is 11.8. The van der Waals surface area contributed by atoms with Gasteiger partial charge in [-0.05, 0) is 23.3 Å². The molecule has 1 amide bonds. The minimum atomic E-state index is -0.292. The zero-order valence-corrected chi connectivity index (χ0v) is 10.8. The fourth-order valence-corrected chi connectivity index (χ4v) is 2.23. The number of rotatable bonds is 1. The summed E-state index contributed by atoms with van der Waals surface area (Å²) in [6.45, 7) is 1.25. The molecular weight excluding hydrogens is 237 g/mol. The van der Waals surface area contributed by atoms with E-state index in [0.717, 1.165) is 5.46 Å². The molecule has 2 aromatic rings. The molecule has 19 heavy (non-hydrogen) atoms. The Balaban J connectivity index is 1.68. The summed E-state index contributed by atoms with van der Waals surface area (Å²) in [7, 11) is 2.00. The minimum Gasteiger partial charge on any atom is -0.410 e. The first-order valence-electron chi connectivity index (χ1n) is 6.32. The highest BCUT2D eigenvalue weighted by atomic mass is 16.6. The van der Waals surface area contributed by atoms with Gasteiger partial charge in [0.15, 0.2) is 0 Å². The molecule has 0 bridgehead atoms. The molecule has 0 saturated carbocycles. The zero-order chi connectivity index (χ0) is 13.2. The number of hydrogen-bond acceptors (Lipinski definition) is 2. The molecule has 3 rings (SSSR count). The minimum absolute atomic E-state index is 0.292. The number of fused-ring (bicyclic) bond motifs is 1. The Morgan fingerprint density at radius 1 is 1.00 bits per heavy atom. The molecule has 0 saturated heterocycles. The molecule has 1 heterocycles. The molecule has 0 spiro atoms. The van der Waals surface area contributed by atoms with E-state index in [2.05, 4.69) is 12.1 Å². The van der Waals surface area contributed by atoms with Gasteiger partial charge in [0, 0.05) is 13.1 Å². The lowest BCUT2D eigenvalue weighted by molar-refractivity contribution is 0.152. The van der Waals surface area contributed by atoms with E-state index in [4.69, 9.17) is 4.74 Å². The number of hydrogen-bond donors (Lipinski definition) is 0. The summed E-state index contributed by atoms with van der Waals surface area (Å²) in [6, 6.07) is 15.6. The van der Waals surface area contributed by atoms with Crippen molar-refractivity contribution >= 4 is 19.4 Å². The summed E-state index contributed by atoms with van der Waals surface area (Å²) in [5.41, 5.74) is 3.54. The topological polar surface area (TPSA) is 29.5 Å². The van der Waals surface area contributed by atoms with Gasteiger partial charge in [0.2, 0.25) is 0 Å². The van der Waals surface area contributed by atoms with Crippen LogP contribution in [0, 0.1) is 0 Å². The van der Waals surface area contributed by atoms with Gasteiger partial charge in [-0.3, -0.25) is 4.90 Å². The number of nitrogens with zero attached hydrogens (tertiary/aromatic N) is 1. The number of amides is 1. The maximum atomic E-state index is 12.1. The quantitative estimate of drug-likeness (QED) is 0.718. The highest BCUT2D eigenvalue weighted by Gasteiger charge is 2.24. The van der Waals surface area contributed by atoms with E-state index in [1.165, 1.54) is 11.1 Å². The maximum Gasteiger partial charge on any atom is 0.415 e. The third-order valence-electron chi connectivity index (χ3n) is 3.33. The van der Waals surface area contributed by atoms with E-state index in [-0.39, 0.29) is 6.09 Å². The van der Waals surface area contributed by atoms with Crippen LogP contribution in [0.4, 0.5) is 4.79 Å². The Morgan fingerprint density at radius 3 is 2.16 bits per heavy atom. The second-order valence-electron chi connectivity index (χ2n) is 4.81.